The monoisotopic (exact) mass is 266 g/mol. The SMILES string of the molecule is N=C(N)c1c(F)cccc1NC(=O)N1CCOCC1. The molecule has 1 aliphatic rings. The Labute approximate surface area is 109 Å². The Morgan fingerprint density at radius 3 is 2.74 bits per heavy atom. The van der Waals surface area contributed by atoms with Gasteiger partial charge in [0.1, 0.15) is 11.7 Å². The number of morpholine rings is 1. The van der Waals surface area contributed by atoms with Gasteiger partial charge in [-0.15, -0.1) is 0 Å². The Hall–Kier alpha value is -2.15. The maximum absolute atomic E-state index is 13.6. The van der Waals surface area contributed by atoms with Crippen LogP contribution in [0.25, 0.3) is 0 Å². The highest BCUT2D eigenvalue weighted by atomic mass is 19.1. The molecule has 1 aromatic carbocycles. The van der Waals surface area contributed by atoms with Crippen molar-refractivity contribution in [3.63, 3.8) is 0 Å². The smallest absolute Gasteiger partial charge is 0.322 e. The second kappa shape index (κ2) is 5.66. The van der Waals surface area contributed by atoms with Gasteiger partial charge in [-0.1, -0.05) is 6.07 Å². The summed E-state index contributed by atoms with van der Waals surface area (Å²) in [5.41, 5.74) is 5.43. The van der Waals surface area contributed by atoms with E-state index in [0.717, 1.165) is 0 Å². The van der Waals surface area contributed by atoms with E-state index in [-0.39, 0.29) is 17.3 Å². The molecule has 7 heteroatoms. The summed E-state index contributed by atoms with van der Waals surface area (Å²) in [5, 5.41) is 9.93. The van der Waals surface area contributed by atoms with Gasteiger partial charge in [0, 0.05) is 13.1 Å². The van der Waals surface area contributed by atoms with Gasteiger partial charge in [0.25, 0.3) is 0 Å². The fourth-order valence-electron chi connectivity index (χ4n) is 1.86. The van der Waals surface area contributed by atoms with Gasteiger partial charge in [0.15, 0.2) is 0 Å². The van der Waals surface area contributed by atoms with Crippen LogP contribution < -0.4 is 11.1 Å². The molecule has 0 unspecified atom stereocenters. The third-order valence-electron chi connectivity index (χ3n) is 2.82. The summed E-state index contributed by atoms with van der Waals surface area (Å²) in [4.78, 5) is 13.5. The lowest BCUT2D eigenvalue weighted by Gasteiger charge is -2.27. The molecular formula is C12H15FN4O2. The minimum Gasteiger partial charge on any atom is -0.384 e. The second-order valence-corrected chi connectivity index (χ2v) is 4.11. The lowest BCUT2D eigenvalue weighted by molar-refractivity contribution is 0.0564. The number of amidine groups is 1. The topological polar surface area (TPSA) is 91.4 Å². The summed E-state index contributed by atoms with van der Waals surface area (Å²) in [5.74, 6) is -1.05. The van der Waals surface area contributed by atoms with Gasteiger partial charge in [-0.05, 0) is 12.1 Å². The van der Waals surface area contributed by atoms with Crippen molar-refractivity contribution < 1.29 is 13.9 Å². The number of urea groups is 1. The van der Waals surface area contributed by atoms with Crippen LogP contribution in [0, 0.1) is 11.2 Å². The number of carbonyl (C=O) groups excluding carboxylic acids is 1. The van der Waals surface area contributed by atoms with Crippen molar-refractivity contribution in [2.24, 2.45) is 5.73 Å². The molecule has 1 aromatic rings. The minimum absolute atomic E-state index is 0.0934. The Morgan fingerprint density at radius 2 is 2.11 bits per heavy atom. The van der Waals surface area contributed by atoms with E-state index < -0.39 is 11.7 Å². The highest BCUT2D eigenvalue weighted by Crippen LogP contribution is 2.19. The molecule has 1 saturated heterocycles. The molecule has 1 heterocycles. The molecule has 2 amide bonds. The predicted octanol–water partition coefficient (Wildman–Crippen LogP) is 0.974. The molecule has 102 valence electrons. The Kier molecular flexibility index (Phi) is 3.96. The number of anilines is 1. The number of benzene rings is 1. The first-order chi connectivity index (χ1) is 9.09. The van der Waals surface area contributed by atoms with Gasteiger partial charge in [-0.2, -0.15) is 0 Å². The molecule has 19 heavy (non-hydrogen) atoms. The number of nitrogens with two attached hydrogens (primary N) is 1. The number of hydrogen-bond donors (Lipinski definition) is 3. The van der Waals surface area contributed by atoms with E-state index in [9.17, 15) is 9.18 Å². The lowest BCUT2D eigenvalue weighted by Crippen LogP contribution is -2.43. The first kappa shape index (κ1) is 13.3. The molecule has 0 bridgehead atoms. The second-order valence-electron chi connectivity index (χ2n) is 4.11. The quantitative estimate of drug-likeness (QED) is 0.550. The van der Waals surface area contributed by atoms with Crippen molar-refractivity contribution in [2.45, 2.75) is 0 Å². The molecule has 1 aliphatic heterocycles. The molecule has 6 nitrogen and oxygen atoms in total. The summed E-state index contributed by atoms with van der Waals surface area (Å²) >= 11 is 0. The lowest BCUT2D eigenvalue weighted by atomic mass is 10.1. The Morgan fingerprint density at radius 1 is 1.42 bits per heavy atom. The number of carbonyl (C=O) groups is 1. The number of nitrogens with zero attached hydrogens (tertiary/aromatic N) is 1. The highest BCUT2D eigenvalue weighted by Gasteiger charge is 2.19. The third-order valence-corrected chi connectivity index (χ3v) is 2.82. The number of halogens is 1. The van der Waals surface area contributed by atoms with Crippen molar-refractivity contribution in [1.29, 1.82) is 5.41 Å². The molecule has 0 aromatic heterocycles. The van der Waals surface area contributed by atoms with Crippen LogP contribution in [0.1, 0.15) is 5.56 Å². The summed E-state index contributed by atoms with van der Waals surface area (Å²) in [7, 11) is 0. The first-order valence-corrected chi connectivity index (χ1v) is 5.86. The average molecular weight is 266 g/mol. The zero-order chi connectivity index (χ0) is 13.8. The van der Waals surface area contributed by atoms with Gasteiger partial charge in [0.2, 0.25) is 0 Å². The van der Waals surface area contributed by atoms with Gasteiger partial charge in [-0.3, -0.25) is 5.41 Å². The van der Waals surface area contributed by atoms with E-state index in [4.69, 9.17) is 15.9 Å². The maximum Gasteiger partial charge on any atom is 0.322 e. The van der Waals surface area contributed by atoms with E-state index >= 15 is 0 Å². The molecule has 0 spiro atoms. The molecule has 1 fully saturated rings. The van der Waals surface area contributed by atoms with Crippen LogP contribution in [0.3, 0.4) is 0 Å². The van der Waals surface area contributed by atoms with Crippen LogP contribution in [0.2, 0.25) is 0 Å². The van der Waals surface area contributed by atoms with Crippen molar-refractivity contribution in [3.8, 4) is 0 Å². The van der Waals surface area contributed by atoms with Gasteiger partial charge >= 0.3 is 6.03 Å². The first-order valence-electron chi connectivity index (χ1n) is 5.86. The van der Waals surface area contributed by atoms with Gasteiger partial charge in [0.05, 0.1) is 24.5 Å². The molecule has 2 rings (SSSR count). The maximum atomic E-state index is 13.6. The summed E-state index contributed by atoms with van der Waals surface area (Å²) in [6.45, 7) is 1.93. The van der Waals surface area contributed by atoms with Crippen LogP contribution in [-0.4, -0.2) is 43.1 Å². The minimum atomic E-state index is -0.632. The number of nitrogens with one attached hydrogen (secondary N) is 2. The van der Waals surface area contributed by atoms with Crippen molar-refractivity contribution in [2.75, 3.05) is 31.6 Å². The van der Waals surface area contributed by atoms with E-state index in [2.05, 4.69) is 5.32 Å². The van der Waals surface area contributed by atoms with Crippen molar-refractivity contribution >= 4 is 17.6 Å². The molecule has 0 aliphatic carbocycles. The largest absolute Gasteiger partial charge is 0.384 e. The van der Waals surface area contributed by atoms with E-state index in [1.54, 1.807) is 4.90 Å². The number of ether oxygens (including phenoxy) is 1. The molecular weight excluding hydrogens is 251 g/mol. The van der Waals surface area contributed by atoms with Crippen molar-refractivity contribution in [3.05, 3.63) is 29.6 Å². The molecule has 0 saturated carbocycles. The number of nitrogen functional groups attached to an aromatic ring is 1. The number of rotatable bonds is 2. The summed E-state index contributed by atoms with van der Waals surface area (Å²) in [6, 6.07) is 3.81. The van der Waals surface area contributed by atoms with Crippen LogP contribution in [0.5, 0.6) is 0 Å². The van der Waals surface area contributed by atoms with Gasteiger partial charge in [-0.25, -0.2) is 9.18 Å². The zero-order valence-corrected chi connectivity index (χ0v) is 10.3. The van der Waals surface area contributed by atoms with Crippen LogP contribution >= 0.6 is 0 Å². The molecule has 0 radical (unpaired) electrons. The normalized spacial score (nSPS) is 15.1. The fraction of sp³-hybridized carbons (Fsp3) is 0.333. The highest BCUT2D eigenvalue weighted by molar-refractivity contribution is 6.04. The number of amides is 2. The third kappa shape index (κ3) is 3.00. The summed E-state index contributed by atoms with van der Waals surface area (Å²) in [6.07, 6.45) is 0. The number of hydrogen-bond acceptors (Lipinski definition) is 3. The zero-order valence-electron chi connectivity index (χ0n) is 10.3. The molecule has 4 N–H and O–H groups in total. The Bertz CT molecular complexity index is 501. The van der Waals surface area contributed by atoms with Gasteiger partial charge < -0.3 is 20.7 Å². The van der Waals surface area contributed by atoms with Crippen LogP contribution in [0.4, 0.5) is 14.9 Å². The van der Waals surface area contributed by atoms with Crippen LogP contribution in [-0.2, 0) is 4.74 Å². The van der Waals surface area contributed by atoms with Crippen molar-refractivity contribution in [1.82, 2.24) is 4.90 Å². The standard InChI is InChI=1S/C12H15FN4O2/c13-8-2-1-3-9(10(8)11(14)15)16-12(18)17-4-6-19-7-5-17/h1-3H,4-7H2,(H3,14,15)(H,16,18). The summed E-state index contributed by atoms with van der Waals surface area (Å²) < 4.78 is 18.7. The van der Waals surface area contributed by atoms with E-state index in [0.29, 0.717) is 26.3 Å². The van der Waals surface area contributed by atoms with E-state index in [1.807, 2.05) is 0 Å². The van der Waals surface area contributed by atoms with E-state index in [1.165, 1.54) is 18.2 Å². The van der Waals surface area contributed by atoms with Crippen LogP contribution in [0.15, 0.2) is 18.2 Å². The average Bonchev–Trinajstić information content (AvgIpc) is 2.39. The fourth-order valence-corrected chi connectivity index (χ4v) is 1.86. The Balaban J connectivity index is 2.16. The predicted molar refractivity (Wildman–Crippen MR) is 68.8 cm³/mol. The molecule has 0 atom stereocenters.